The summed E-state index contributed by atoms with van der Waals surface area (Å²) in [7, 11) is 2.19. The molecule has 4 aliphatic rings. The summed E-state index contributed by atoms with van der Waals surface area (Å²) in [5.41, 5.74) is 73.0. The van der Waals surface area contributed by atoms with Crippen molar-refractivity contribution in [2.75, 3.05) is 91.4 Å². The quantitative estimate of drug-likeness (QED) is 0.0301. The summed E-state index contributed by atoms with van der Waals surface area (Å²) < 4.78 is 12.7. The van der Waals surface area contributed by atoms with Gasteiger partial charge in [-0.05, 0) is 259 Å². The second-order valence-electron chi connectivity index (χ2n) is 36.9. The van der Waals surface area contributed by atoms with Gasteiger partial charge in [0.25, 0.3) is 0 Å². The van der Waals surface area contributed by atoms with Crippen LogP contribution in [0.1, 0.15) is 161 Å². The fourth-order valence-electron chi connectivity index (χ4n) is 18.2. The monoisotopic (exact) mass is 1920 g/mol. The van der Waals surface area contributed by atoms with E-state index in [0.717, 1.165) is 220 Å². The first-order chi connectivity index (χ1) is 66.9. The number of fused-ring (bicyclic) bond motifs is 7. The molecule has 4 saturated heterocycles. The zero-order valence-corrected chi connectivity index (χ0v) is 81.8. The van der Waals surface area contributed by atoms with Gasteiger partial charge < -0.3 is 66.3 Å². The van der Waals surface area contributed by atoms with E-state index in [2.05, 4.69) is 189 Å². The molecule has 33 nitrogen and oxygen atoms in total. The number of nitrogen functional groups attached to an aromatic ring is 7. The molecule has 0 radical (unpaired) electrons. The second kappa shape index (κ2) is 45.7. The second-order valence-corrected chi connectivity index (χ2v) is 37.7. The van der Waals surface area contributed by atoms with Gasteiger partial charge in [-0.3, -0.25) is 0 Å². The first-order valence-electron chi connectivity index (χ1n) is 48.2. The molecule has 18 N–H and O–H groups in total. The van der Waals surface area contributed by atoms with E-state index in [4.69, 9.17) is 55.8 Å². The van der Waals surface area contributed by atoms with Crippen LogP contribution in [0.3, 0.4) is 0 Å². The van der Waals surface area contributed by atoms with Crippen LogP contribution in [0.15, 0.2) is 206 Å². The number of anilines is 8. The van der Waals surface area contributed by atoms with E-state index in [-0.39, 0.29) is 6.04 Å². The Morgan fingerprint density at radius 3 is 1.07 bits per heavy atom. The lowest BCUT2D eigenvalue weighted by Crippen LogP contribution is -2.31. The molecule has 0 saturated carbocycles. The molecule has 4 aliphatic heterocycles. The maximum atomic E-state index is 6.08. The summed E-state index contributed by atoms with van der Waals surface area (Å²) in [5, 5.41) is 36.5. The molecule has 18 heterocycles. The Morgan fingerprint density at radius 2 is 0.667 bits per heavy atom. The average molecular weight is 1920 g/mol. The fourth-order valence-corrected chi connectivity index (χ4v) is 18.5. The number of piperidine rings is 1. The van der Waals surface area contributed by atoms with Gasteiger partial charge in [-0.2, -0.15) is 67.3 Å². The summed E-state index contributed by atoms with van der Waals surface area (Å²) in [6.07, 6.45) is 35.7. The Balaban J connectivity index is 0.000000117. The van der Waals surface area contributed by atoms with E-state index >= 15 is 0 Å². The number of nitrogens with one attached hydrogen (secondary N) is 2. The minimum atomic E-state index is 0.236. The van der Waals surface area contributed by atoms with Crippen LogP contribution >= 0.6 is 15.9 Å². The highest BCUT2D eigenvalue weighted by atomic mass is 79.9. The molecular formula is C104H130BrN33. The third-order valence-corrected chi connectivity index (χ3v) is 26.5. The molecule has 0 unspecified atom stereocenters. The van der Waals surface area contributed by atoms with Crippen molar-refractivity contribution in [3.8, 4) is 11.1 Å². The van der Waals surface area contributed by atoms with Crippen LogP contribution in [0.5, 0.6) is 0 Å². The highest BCUT2D eigenvalue weighted by Crippen LogP contribution is 2.29. The van der Waals surface area contributed by atoms with Gasteiger partial charge in [0.1, 0.15) is 46.5 Å². The van der Waals surface area contributed by atoms with Gasteiger partial charge >= 0.3 is 0 Å². The minimum Gasteiger partial charge on any atom is -0.384 e. The number of likely N-dealkylation sites (tertiary alicyclic amines) is 1. The van der Waals surface area contributed by atoms with Crippen molar-refractivity contribution >= 4 is 102 Å². The van der Waals surface area contributed by atoms with Crippen LogP contribution in [0, 0.1) is 47.5 Å². The largest absolute Gasteiger partial charge is 0.384 e. The van der Waals surface area contributed by atoms with Crippen molar-refractivity contribution in [2.24, 2.45) is 11.7 Å². The number of nitrogens with zero attached hydrogens (tertiary/aromatic N) is 23. The van der Waals surface area contributed by atoms with Crippen LogP contribution in [0.25, 0.3) is 50.7 Å². The number of halogens is 1. The normalized spacial score (nSPS) is 15.5. The number of aryl methyl sites for hydroxylation is 14. The topological polar surface area (TPSA) is 450 Å². The maximum Gasteiger partial charge on any atom is 0.171 e. The lowest BCUT2D eigenvalue weighted by Gasteiger charge is -2.28. The lowest BCUT2D eigenvalue weighted by atomic mass is 9.92. The van der Waals surface area contributed by atoms with Gasteiger partial charge in [-0.1, -0.05) is 115 Å². The molecule has 14 aromatic heterocycles. The van der Waals surface area contributed by atoms with Gasteiger partial charge in [0.15, 0.2) is 39.5 Å². The summed E-state index contributed by atoms with van der Waals surface area (Å²) >= 11 is 3.43. The molecule has 138 heavy (non-hydrogen) atoms. The number of rotatable bonds is 22. The van der Waals surface area contributed by atoms with Gasteiger partial charge in [0, 0.05) is 141 Å². The van der Waals surface area contributed by atoms with E-state index in [1.807, 2.05) is 133 Å². The first kappa shape index (κ1) is 97.0. The molecule has 0 spiro atoms. The van der Waals surface area contributed by atoms with E-state index in [9.17, 15) is 0 Å². The Hall–Kier alpha value is -14.1. The summed E-state index contributed by atoms with van der Waals surface area (Å²) in [6.45, 7) is 18.6. The molecule has 34 heteroatoms. The Labute approximate surface area is 813 Å². The zero-order valence-electron chi connectivity index (χ0n) is 80.2. The molecule has 4 fully saturated rings. The smallest absolute Gasteiger partial charge is 0.171 e. The summed E-state index contributed by atoms with van der Waals surface area (Å²) in [5.74, 6) is 6.16. The van der Waals surface area contributed by atoms with Crippen LogP contribution in [-0.4, -0.2) is 172 Å². The first-order valence-corrected chi connectivity index (χ1v) is 49.0. The predicted octanol–water partition coefficient (Wildman–Crippen LogP) is 14.8. The number of hydrogen-bond acceptors (Lipinski definition) is 26. The van der Waals surface area contributed by atoms with Crippen molar-refractivity contribution in [2.45, 2.75) is 195 Å². The number of nitrogens with two attached hydrogens (primary N) is 8. The van der Waals surface area contributed by atoms with Crippen LogP contribution in [0.2, 0.25) is 0 Å². The summed E-state index contributed by atoms with van der Waals surface area (Å²) in [6, 6.07) is 55.1. The average Bonchev–Trinajstić information content (AvgIpc) is 1.64. The highest BCUT2D eigenvalue weighted by Gasteiger charge is 2.25. The van der Waals surface area contributed by atoms with Gasteiger partial charge in [-0.15, -0.1) is 0 Å². The molecule has 0 bridgehead atoms. The Kier molecular flexibility index (Phi) is 32.2. The van der Waals surface area contributed by atoms with E-state index < -0.39 is 0 Å². The SMILES string of the molecule is Cc1cnn2c(N)cc(CC3CCN(C)CC3)nc12.Cc1cnn2c(N)cc(CCC[C@@H]3CCCN3)nc12.Cc1cnn2c(N)cc(CCC[C@H]3CCCN3)nc12.Cc1cnn2c(N)cc(CCCc3ccccc3)nc12.Cc1cnn2c(N)cc(CCc3ccc(-c4ccccc4)cc3)nc12.Cc1cnn2c(N)cc(N3CC[C@H](N)C3)nc12.Nc1cc(CCc2ccccc2)nc2c(Br)cnn12. The van der Waals surface area contributed by atoms with Gasteiger partial charge in [-0.25, -0.2) is 34.9 Å². The molecule has 22 rings (SSSR count). The molecule has 3 atom stereocenters. The Morgan fingerprint density at radius 1 is 0.333 bits per heavy atom. The van der Waals surface area contributed by atoms with Crippen molar-refractivity contribution in [3.05, 3.63) is 290 Å². The highest BCUT2D eigenvalue weighted by molar-refractivity contribution is 9.10. The molecular weight excluding hydrogens is 1790 g/mol. The number of benzene rings is 4. The van der Waals surface area contributed by atoms with E-state index in [0.29, 0.717) is 52.8 Å². The van der Waals surface area contributed by atoms with E-state index in [1.165, 1.54) is 105 Å². The fraction of sp³-hybridized carbons (Fsp3) is 0.365. The van der Waals surface area contributed by atoms with Crippen molar-refractivity contribution in [1.82, 2.24) is 118 Å². The number of hydrogen-bond donors (Lipinski definition) is 10. The molecule has 18 aromatic rings. The molecule has 0 aliphatic carbocycles. The number of aromatic nitrogens is 21. The van der Waals surface area contributed by atoms with Gasteiger partial charge in [0.2, 0.25) is 0 Å². The van der Waals surface area contributed by atoms with Crippen LogP contribution in [-0.2, 0) is 57.8 Å². The van der Waals surface area contributed by atoms with Gasteiger partial charge in [0.05, 0.1) is 47.9 Å². The van der Waals surface area contributed by atoms with Crippen LogP contribution in [0.4, 0.5) is 46.5 Å². The lowest BCUT2D eigenvalue weighted by molar-refractivity contribution is 0.218. The Bertz CT molecular complexity index is 6930. The maximum absolute atomic E-state index is 6.08. The zero-order chi connectivity index (χ0) is 96.3. The standard InChI is InChI=1S/C21H20N4.C16H18N4.C14H13BrN4.3C14H21N5.C11H16N6/c1-15-14-23-25-20(22)13-19(24-21(15)25)12-9-16-7-10-18(11-8-16)17-5-3-2-4-6-17;1-12-11-18-20-15(17)10-14(19-16(12)20)9-5-8-13-6-3-2-4-7-13;15-12-9-17-19-13(16)8-11(18-14(12)19)7-6-10-4-2-1-3-5-10;1-10-9-16-19-13(15)8-12(17-14(10)19)7-11-3-5-18(2)6-4-11;2*1-10-9-17-19-13(15)8-12(18-14(10)19)5-2-4-11-6-3-7-16-11;1-7-5-14-17-9(13)4-10(15-11(7)17)16-3-2-8(12)6-16/h2-8,10-11,13-14H,9,12,22H2,1H3;2-4,6-7,10-11H,5,8-9,17H2,1H3;1-5,8-9H,6-7,16H2;8-9,11H,3-7,15H2,1-2H3;2*8-9,11,16H,2-7,15H2,1H3;4-5,8H,2-3,6,12-13H2,1H3/t;;;;2*11-;8-/m....100/s1. The minimum absolute atomic E-state index is 0.236. The summed E-state index contributed by atoms with van der Waals surface area (Å²) in [4.78, 5) is 37.1. The molecule has 0 amide bonds. The van der Waals surface area contributed by atoms with Crippen molar-refractivity contribution in [1.29, 1.82) is 0 Å². The van der Waals surface area contributed by atoms with Crippen molar-refractivity contribution < 1.29 is 0 Å². The van der Waals surface area contributed by atoms with E-state index in [1.54, 1.807) is 56.4 Å². The third kappa shape index (κ3) is 24.8. The third-order valence-electron chi connectivity index (χ3n) is 26.0. The molecule has 718 valence electrons. The predicted molar refractivity (Wildman–Crippen MR) is 556 cm³/mol. The van der Waals surface area contributed by atoms with Crippen molar-refractivity contribution in [3.63, 3.8) is 0 Å². The van der Waals surface area contributed by atoms with Crippen LogP contribution < -0.4 is 61.4 Å². The molecule has 4 aromatic carbocycles.